The molecule has 0 unspecified atom stereocenters. The average Bonchev–Trinajstić information content (AvgIpc) is 3.72. The predicted molar refractivity (Wildman–Crippen MR) is 171 cm³/mol. The lowest BCUT2D eigenvalue weighted by molar-refractivity contribution is 0.148. The fourth-order valence-electron chi connectivity index (χ4n) is 6.26. The van der Waals surface area contributed by atoms with Gasteiger partial charge in [0.25, 0.3) is 0 Å². The van der Waals surface area contributed by atoms with E-state index in [9.17, 15) is 5.11 Å². The third kappa shape index (κ3) is 5.72. The molecule has 8 heteroatoms. The number of methoxy groups -OCH3 is 2. The normalized spacial score (nSPS) is 17.9. The Bertz CT molecular complexity index is 1670. The predicted octanol–water partition coefficient (Wildman–Crippen LogP) is 5.46. The van der Waals surface area contributed by atoms with Gasteiger partial charge in [-0.15, -0.1) is 0 Å². The molecular formula is C35H39N5O3. The fourth-order valence-corrected chi connectivity index (χ4v) is 6.26. The fraction of sp³-hybridized carbons (Fsp3) is 0.343. The average molecular weight is 578 g/mol. The van der Waals surface area contributed by atoms with Gasteiger partial charge in [0.05, 0.1) is 43.8 Å². The summed E-state index contributed by atoms with van der Waals surface area (Å²) in [6.45, 7) is 6.48. The molecule has 1 aliphatic carbocycles. The van der Waals surface area contributed by atoms with E-state index in [4.69, 9.17) is 19.4 Å². The van der Waals surface area contributed by atoms with Gasteiger partial charge in [-0.2, -0.15) is 0 Å². The lowest BCUT2D eigenvalue weighted by Crippen LogP contribution is -2.35. The Morgan fingerprint density at radius 3 is 2.00 bits per heavy atom. The van der Waals surface area contributed by atoms with Crippen LogP contribution in [0.5, 0.6) is 11.8 Å². The summed E-state index contributed by atoms with van der Waals surface area (Å²) >= 11 is 0. The first-order chi connectivity index (χ1) is 21.0. The van der Waals surface area contributed by atoms with E-state index in [2.05, 4.69) is 78.0 Å². The lowest BCUT2D eigenvalue weighted by atomic mass is 9.89. The van der Waals surface area contributed by atoms with Gasteiger partial charge in [-0.05, 0) is 73.6 Å². The highest BCUT2D eigenvalue weighted by molar-refractivity contribution is 6.02. The van der Waals surface area contributed by atoms with Gasteiger partial charge < -0.3 is 25.2 Å². The van der Waals surface area contributed by atoms with E-state index in [1.165, 1.54) is 0 Å². The number of ether oxygens (including phenoxy) is 2. The van der Waals surface area contributed by atoms with Gasteiger partial charge in [-0.25, -0.2) is 9.97 Å². The molecule has 0 radical (unpaired) electrons. The van der Waals surface area contributed by atoms with E-state index in [0.29, 0.717) is 18.3 Å². The first kappa shape index (κ1) is 28.8. The topological polar surface area (TPSA) is 101 Å². The van der Waals surface area contributed by atoms with Crippen LogP contribution in [0.15, 0.2) is 65.7 Å². The number of aliphatic imine (C=N–C) groups is 1. The Labute approximate surface area is 253 Å². The second-order valence-electron chi connectivity index (χ2n) is 11.2. The van der Waals surface area contributed by atoms with Gasteiger partial charge in [-0.3, -0.25) is 4.99 Å². The second-order valence-corrected chi connectivity index (χ2v) is 11.2. The van der Waals surface area contributed by atoms with Gasteiger partial charge in [0, 0.05) is 35.8 Å². The number of aliphatic hydroxyl groups is 1. The number of hydrogen-bond acceptors (Lipinski definition) is 8. The van der Waals surface area contributed by atoms with Crippen LogP contribution in [0.4, 0.5) is 0 Å². The highest BCUT2D eigenvalue weighted by atomic mass is 16.5. The third-order valence-corrected chi connectivity index (χ3v) is 8.66. The number of nitrogens with zero attached hydrogens (tertiary/aromatic N) is 3. The molecule has 2 aromatic heterocycles. The first-order valence-electron chi connectivity index (χ1n) is 15.0. The Hall–Kier alpha value is -4.27. The van der Waals surface area contributed by atoms with Crippen molar-refractivity contribution in [1.82, 2.24) is 20.6 Å². The Kier molecular flexibility index (Phi) is 8.40. The van der Waals surface area contributed by atoms with Crippen LogP contribution in [0.3, 0.4) is 0 Å². The second kappa shape index (κ2) is 12.5. The summed E-state index contributed by atoms with van der Waals surface area (Å²) in [5.41, 5.74) is 10.3. The maximum atomic E-state index is 10.2. The molecule has 6 rings (SSSR count). The minimum atomic E-state index is -0.285. The largest absolute Gasteiger partial charge is 0.481 e. The maximum Gasteiger partial charge on any atom is 0.224 e. The van der Waals surface area contributed by atoms with Crippen molar-refractivity contribution < 1.29 is 14.6 Å². The number of pyridine rings is 2. The number of rotatable bonds is 9. The molecular weight excluding hydrogens is 538 g/mol. The molecule has 222 valence electrons. The summed E-state index contributed by atoms with van der Waals surface area (Å²) in [4.78, 5) is 14.3. The summed E-state index contributed by atoms with van der Waals surface area (Å²) in [5.74, 6) is 1.99. The first-order valence-corrected chi connectivity index (χ1v) is 15.0. The molecule has 2 atom stereocenters. The number of aromatic nitrogens is 2. The van der Waals surface area contributed by atoms with Gasteiger partial charge >= 0.3 is 0 Å². The molecule has 3 heterocycles. The van der Waals surface area contributed by atoms with Crippen LogP contribution >= 0.6 is 0 Å². The van der Waals surface area contributed by atoms with Gasteiger partial charge in [0.2, 0.25) is 11.8 Å². The van der Waals surface area contributed by atoms with Gasteiger partial charge in [0.1, 0.15) is 5.84 Å². The highest BCUT2D eigenvalue weighted by Gasteiger charge is 2.25. The summed E-state index contributed by atoms with van der Waals surface area (Å²) in [5, 5.41) is 17.0. The van der Waals surface area contributed by atoms with Crippen LogP contribution in [0, 0.1) is 13.8 Å². The van der Waals surface area contributed by atoms with Gasteiger partial charge in [0.15, 0.2) is 0 Å². The van der Waals surface area contributed by atoms with Crippen LogP contribution in [0.25, 0.3) is 33.6 Å². The van der Waals surface area contributed by atoms with E-state index >= 15 is 0 Å². The van der Waals surface area contributed by atoms with Crippen molar-refractivity contribution in [1.29, 1.82) is 0 Å². The van der Waals surface area contributed by atoms with E-state index in [1.807, 2.05) is 12.1 Å². The molecule has 2 aliphatic rings. The summed E-state index contributed by atoms with van der Waals surface area (Å²) in [7, 11) is 3.31. The molecule has 1 aliphatic heterocycles. The summed E-state index contributed by atoms with van der Waals surface area (Å²) in [6, 6.07) is 21.0. The zero-order chi connectivity index (χ0) is 29.9. The van der Waals surface area contributed by atoms with E-state index in [0.717, 1.165) is 94.1 Å². The van der Waals surface area contributed by atoms with Crippen molar-refractivity contribution in [2.45, 2.75) is 51.8 Å². The molecule has 1 saturated carbocycles. The van der Waals surface area contributed by atoms with Crippen molar-refractivity contribution >= 4 is 5.84 Å². The van der Waals surface area contributed by atoms with Crippen molar-refractivity contribution in [2.75, 3.05) is 27.3 Å². The molecule has 1 fully saturated rings. The zero-order valence-electron chi connectivity index (χ0n) is 25.3. The molecule has 0 spiro atoms. The van der Waals surface area contributed by atoms with Crippen LogP contribution in [-0.4, -0.2) is 60.4 Å². The molecule has 3 N–H and O–H groups in total. The van der Waals surface area contributed by atoms with Crippen LogP contribution in [-0.2, 0) is 6.54 Å². The minimum Gasteiger partial charge on any atom is -0.481 e. The summed E-state index contributed by atoms with van der Waals surface area (Å²) in [6.07, 6.45) is 2.61. The van der Waals surface area contributed by atoms with E-state index in [-0.39, 0.29) is 12.1 Å². The quantitative estimate of drug-likeness (QED) is 0.243. The zero-order valence-corrected chi connectivity index (χ0v) is 25.3. The Balaban J connectivity index is 1.31. The Morgan fingerprint density at radius 1 is 0.791 bits per heavy atom. The van der Waals surface area contributed by atoms with Crippen LogP contribution < -0.4 is 20.1 Å². The SMILES string of the molecule is COc1nc(-c2cccc(-c3cccc(-c4ccc(C5=NCCN5)c(OC)n4)c3C)c2C)ccc1CN[C@@H]1CCC[C@@H]1O. The van der Waals surface area contributed by atoms with Gasteiger partial charge in [-0.1, -0.05) is 42.5 Å². The molecule has 43 heavy (non-hydrogen) atoms. The molecule has 0 saturated heterocycles. The van der Waals surface area contributed by atoms with Crippen molar-refractivity contribution in [3.05, 3.63) is 82.9 Å². The van der Waals surface area contributed by atoms with E-state index < -0.39 is 0 Å². The lowest BCUT2D eigenvalue weighted by Gasteiger charge is -2.18. The van der Waals surface area contributed by atoms with Crippen molar-refractivity contribution in [3.8, 4) is 45.4 Å². The number of nitrogens with one attached hydrogen (secondary N) is 2. The number of amidine groups is 1. The Morgan fingerprint density at radius 2 is 1.42 bits per heavy atom. The molecule has 8 nitrogen and oxygen atoms in total. The van der Waals surface area contributed by atoms with Crippen LogP contribution in [0.2, 0.25) is 0 Å². The highest BCUT2D eigenvalue weighted by Crippen LogP contribution is 2.37. The molecule has 4 aromatic rings. The number of hydrogen-bond donors (Lipinski definition) is 3. The maximum absolute atomic E-state index is 10.2. The van der Waals surface area contributed by atoms with Crippen molar-refractivity contribution in [2.24, 2.45) is 4.99 Å². The van der Waals surface area contributed by atoms with Crippen LogP contribution in [0.1, 0.15) is 41.5 Å². The number of aliphatic hydroxyl groups excluding tert-OH is 1. The monoisotopic (exact) mass is 577 g/mol. The smallest absolute Gasteiger partial charge is 0.224 e. The third-order valence-electron chi connectivity index (χ3n) is 8.66. The van der Waals surface area contributed by atoms with Crippen molar-refractivity contribution in [3.63, 3.8) is 0 Å². The minimum absolute atomic E-state index is 0.121. The molecule has 0 bridgehead atoms. The molecule has 2 aromatic carbocycles. The van der Waals surface area contributed by atoms with E-state index in [1.54, 1.807) is 14.2 Å². The number of benzene rings is 2. The summed E-state index contributed by atoms with van der Waals surface area (Å²) < 4.78 is 11.4. The standard InChI is InChI=1S/C35H39N5O3/c1-21-24(8-5-10-26(21)29-16-14-23(34(39-29)42-3)20-38-31-12-7-13-32(31)41)25-9-6-11-27(22(25)2)30-17-15-28(35(40-30)43-4)33-36-18-19-37-33/h5-6,8-11,14-17,31-32,38,41H,7,12-13,18-20H2,1-4H3,(H,36,37)/t31-,32+/m1/s1. The molecule has 0 amide bonds.